The Labute approximate surface area is 129 Å². The summed E-state index contributed by atoms with van der Waals surface area (Å²) >= 11 is 0. The average molecular weight is 307 g/mol. The summed E-state index contributed by atoms with van der Waals surface area (Å²) in [5.74, 6) is -0.569. The molecule has 0 heterocycles. The van der Waals surface area contributed by atoms with Crippen LogP contribution in [0.15, 0.2) is 24.3 Å². The van der Waals surface area contributed by atoms with Crippen molar-refractivity contribution in [1.29, 1.82) is 0 Å². The Morgan fingerprint density at radius 1 is 1.27 bits per heavy atom. The van der Waals surface area contributed by atoms with E-state index in [0.717, 1.165) is 0 Å². The highest BCUT2D eigenvalue weighted by molar-refractivity contribution is 5.89. The molecule has 0 aliphatic heterocycles. The molecule has 120 valence electrons. The zero-order valence-electron chi connectivity index (χ0n) is 13.2. The Balaban J connectivity index is 2.65. The van der Waals surface area contributed by atoms with Crippen molar-refractivity contribution < 1.29 is 24.2 Å². The van der Waals surface area contributed by atoms with Crippen molar-refractivity contribution in [1.82, 2.24) is 5.32 Å². The standard InChI is InChI=1S/C16H21NO5/c1-16(2,3)22-15(20)17-7-5-6-11-8-12(14(18)19)10-13(9-11)21-4/h5-6,8-10H,7H2,1-4H3,(H,17,20)(H,18,19). The first-order valence-electron chi connectivity index (χ1n) is 6.77. The number of nitrogens with one attached hydrogen (secondary N) is 1. The lowest BCUT2D eigenvalue weighted by Crippen LogP contribution is -2.32. The Morgan fingerprint density at radius 2 is 1.95 bits per heavy atom. The van der Waals surface area contributed by atoms with E-state index in [1.54, 1.807) is 39.0 Å². The van der Waals surface area contributed by atoms with Crippen LogP contribution in [0.25, 0.3) is 6.08 Å². The van der Waals surface area contributed by atoms with Crippen LogP contribution in [0.3, 0.4) is 0 Å². The van der Waals surface area contributed by atoms with E-state index in [1.807, 2.05) is 0 Å². The fraction of sp³-hybridized carbons (Fsp3) is 0.375. The van der Waals surface area contributed by atoms with Crippen molar-refractivity contribution in [3.05, 3.63) is 35.4 Å². The highest BCUT2D eigenvalue weighted by Gasteiger charge is 2.15. The first-order chi connectivity index (χ1) is 10.2. The van der Waals surface area contributed by atoms with E-state index < -0.39 is 17.7 Å². The van der Waals surface area contributed by atoms with Gasteiger partial charge in [0.05, 0.1) is 12.7 Å². The van der Waals surface area contributed by atoms with Crippen molar-refractivity contribution >= 4 is 18.1 Å². The molecule has 0 unspecified atom stereocenters. The van der Waals surface area contributed by atoms with Crippen LogP contribution in [0, 0.1) is 0 Å². The van der Waals surface area contributed by atoms with Gasteiger partial charge in [0.1, 0.15) is 11.4 Å². The van der Waals surface area contributed by atoms with E-state index in [1.165, 1.54) is 19.2 Å². The van der Waals surface area contributed by atoms with E-state index >= 15 is 0 Å². The van der Waals surface area contributed by atoms with E-state index in [0.29, 0.717) is 11.3 Å². The second-order valence-corrected chi connectivity index (χ2v) is 5.59. The van der Waals surface area contributed by atoms with Crippen LogP contribution in [0.4, 0.5) is 4.79 Å². The number of amides is 1. The minimum absolute atomic E-state index is 0.138. The van der Waals surface area contributed by atoms with Crippen LogP contribution < -0.4 is 10.1 Å². The maximum Gasteiger partial charge on any atom is 0.407 e. The van der Waals surface area contributed by atoms with E-state index in [2.05, 4.69) is 5.32 Å². The van der Waals surface area contributed by atoms with Crippen LogP contribution in [0.1, 0.15) is 36.7 Å². The minimum Gasteiger partial charge on any atom is -0.497 e. The molecule has 0 aromatic heterocycles. The maximum atomic E-state index is 11.4. The van der Waals surface area contributed by atoms with E-state index in [9.17, 15) is 9.59 Å². The van der Waals surface area contributed by atoms with E-state index in [-0.39, 0.29) is 12.1 Å². The lowest BCUT2D eigenvalue weighted by Gasteiger charge is -2.19. The second-order valence-electron chi connectivity index (χ2n) is 5.59. The molecule has 0 spiro atoms. The molecule has 0 bridgehead atoms. The van der Waals surface area contributed by atoms with Crippen molar-refractivity contribution in [2.24, 2.45) is 0 Å². The number of hydrogen-bond acceptors (Lipinski definition) is 4. The number of benzene rings is 1. The number of aromatic carboxylic acids is 1. The quantitative estimate of drug-likeness (QED) is 0.873. The maximum absolute atomic E-state index is 11.4. The number of rotatable bonds is 5. The molecule has 6 heteroatoms. The van der Waals surface area contributed by atoms with Gasteiger partial charge in [-0.25, -0.2) is 9.59 Å². The van der Waals surface area contributed by atoms with Crippen LogP contribution >= 0.6 is 0 Å². The summed E-state index contributed by atoms with van der Waals surface area (Å²) in [6, 6.07) is 4.67. The third-order valence-electron chi connectivity index (χ3n) is 2.48. The largest absolute Gasteiger partial charge is 0.497 e. The molecule has 2 N–H and O–H groups in total. The van der Waals surface area contributed by atoms with Crippen LogP contribution in [-0.2, 0) is 4.74 Å². The topological polar surface area (TPSA) is 84.9 Å². The zero-order valence-corrected chi connectivity index (χ0v) is 13.2. The molecule has 0 aliphatic carbocycles. The van der Waals surface area contributed by atoms with Gasteiger partial charge in [-0.2, -0.15) is 0 Å². The summed E-state index contributed by atoms with van der Waals surface area (Å²) < 4.78 is 10.2. The van der Waals surface area contributed by atoms with Crippen molar-refractivity contribution in [2.75, 3.05) is 13.7 Å². The molecular formula is C16H21NO5. The normalized spacial score (nSPS) is 11.3. The molecule has 0 saturated carbocycles. The lowest BCUT2D eigenvalue weighted by atomic mass is 10.1. The van der Waals surface area contributed by atoms with Gasteiger partial charge in [-0.05, 0) is 44.5 Å². The van der Waals surface area contributed by atoms with Gasteiger partial charge in [0, 0.05) is 6.54 Å². The van der Waals surface area contributed by atoms with Gasteiger partial charge in [-0.3, -0.25) is 0 Å². The molecule has 0 fully saturated rings. The summed E-state index contributed by atoms with van der Waals surface area (Å²) in [7, 11) is 1.47. The van der Waals surface area contributed by atoms with Crippen LogP contribution in [0.5, 0.6) is 5.75 Å². The number of alkyl carbamates (subject to hydrolysis) is 1. The molecule has 1 aromatic rings. The minimum atomic E-state index is -1.03. The van der Waals surface area contributed by atoms with Crippen LogP contribution in [0.2, 0.25) is 0 Å². The molecule has 22 heavy (non-hydrogen) atoms. The SMILES string of the molecule is COc1cc(C=CCNC(=O)OC(C)(C)C)cc(C(=O)O)c1. The highest BCUT2D eigenvalue weighted by Crippen LogP contribution is 2.18. The van der Waals surface area contributed by atoms with Gasteiger partial charge in [0.25, 0.3) is 0 Å². The number of ether oxygens (including phenoxy) is 2. The zero-order chi connectivity index (χ0) is 16.8. The number of hydrogen-bond donors (Lipinski definition) is 2. The number of carbonyl (C=O) groups excluding carboxylic acids is 1. The molecule has 1 rings (SSSR count). The molecule has 0 radical (unpaired) electrons. The van der Waals surface area contributed by atoms with Gasteiger partial charge in [-0.15, -0.1) is 0 Å². The number of carboxylic acid groups (broad SMARTS) is 1. The number of methoxy groups -OCH3 is 1. The van der Waals surface area contributed by atoms with Gasteiger partial charge in [-0.1, -0.05) is 12.2 Å². The molecule has 1 amide bonds. The number of carboxylic acids is 1. The lowest BCUT2D eigenvalue weighted by molar-refractivity contribution is 0.0533. The predicted octanol–water partition coefficient (Wildman–Crippen LogP) is 2.93. The molecule has 0 atom stereocenters. The predicted molar refractivity (Wildman–Crippen MR) is 83.2 cm³/mol. The molecule has 6 nitrogen and oxygen atoms in total. The van der Waals surface area contributed by atoms with Crippen LogP contribution in [-0.4, -0.2) is 36.4 Å². The van der Waals surface area contributed by atoms with Crippen molar-refractivity contribution in [3.8, 4) is 5.75 Å². The second kappa shape index (κ2) is 7.49. The summed E-state index contributed by atoms with van der Waals surface area (Å²) in [6.07, 6.45) is 2.89. The Kier molecular flexibility index (Phi) is 5.98. The monoisotopic (exact) mass is 307 g/mol. The van der Waals surface area contributed by atoms with Crippen molar-refractivity contribution in [3.63, 3.8) is 0 Å². The van der Waals surface area contributed by atoms with Gasteiger partial charge < -0.3 is 19.9 Å². The average Bonchev–Trinajstić information content (AvgIpc) is 2.41. The van der Waals surface area contributed by atoms with Gasteiger partial charge in [0.2, 0.25) is 0 Å². The van der Waals surface area contributed by atoms with Crippen molar-refractivity contribution in [2.45, 2.75) is 26.4 Å². The first kappa shape index (κ1) is 17.6. The highest BCUT2D eigenvalue weighted by atomic mass is 16.6. The Morgan fingerprint density at radius 3 is 2.50 bits per heavy atom. The summed E-state index contributed by atoms with van der Waals surface area (Å²) in [4.78, 5) is 22.5. The summed E-state index contributed by atoms with van der Waals surface area (Å²) in [5, 5.41) is 11.6. The summed E-state index contributed by atoms with van der Waals surface area (Å²) in [5.41, 5.74) is 0.263. The van der Waals surface area contributed by atoms with Gasteiger partial charge in [0.15, 0.2) is 0 Å². The fourth-order valence-corrected chi connectivity index (χ4v) is 1.61. The summed E-state index contributed by atoms with van der Waals surface area (Å²) in [6.45, 7) is 5.62. The number of carbonyl (C=O) groups is 2. The smallest absolute Gasteiger partial charge is 0.407 e. The molecule has 1 aromatic carbocycles. The molecular weight excluding hydrogens is 286 g/mol. The van der Waals surface area contributed by atoms with E-state index in [4.69, 9.17) is 14.6 Å². The molecule has 0 saturated heterocycles. The van der Waals surface area contributed by atoms with Gasteiger partial charge >= 0.3 is 12.1 Å². The Bertz CT molecular complexity index is 572. The third kappa shape index (κ3) is 6.30. The molecule has 0 aliphatic rings. The Hall–Kier alpha value is -2.50. The fourth-order valence-electron chi connectivity index (χ4n) is 1.61. The first-order valence-corrected chi connectivity index (χ1v) is 6.77. The third-order valence-corrected chi connectivity index (χ3v) is 2.48.